The van der Waals surface area contributed by atoms with Crippen LogP contribution in [0.3, 0.4) is 0 Å². The van der Waals surface area contributed by atoms with Crippen LogP contribution in [0.15, 0.2) is 72.8 Å². The molecule has 31 heavy (non-hydrogen) atoms. The second-order valence-corrected chi connectivity index (χ2v) is 8.46. The summed E-state index contributed by atoms with van der Waals surface area (Å²) in [5, 5.41) is 14.5. The van der Waals surface area contributed by atoms with Crippen LogP contribution in [0, 0.1) is 0 Å². The number of fused-ring (bicyclic) bond motifs is 1. The first-order valence-corrected chi connectivity index (χ1v) is 11.0. The first kappa shape index (κ1) is 21.4. The Bertz CT molecular complexity index is 973. The van der Waals surface area contributed by atoms with Crippen molar-refractivity contribution < 1.29 is 14.6 Å². The van der Waals surface area contributed by atoms with Crippen LogP contribution in [0.2, 0.25) is 0 Å². The highest BCUT2D eigenvalue weighted by Gasteiger charge is 2.30. The zero-order valence-electron chi connectivity index (χ0n) is 18.3. The van der Waals surface area contributed by atoms with E-state index in [4.69, 9.17) is 9.47 Å². The van der Waals surface area contributed by atoms with E-state index in [0.29, 0.717) is 25.0 Å². The zero-order chi connectivity index (χ0) is 21.6. The molecule has 0 aliphatic heterocycles. The van der Waals surface area contributed by atoms with Crippen LogP contribution in [-0.2, 0) is 19.6 Å². The van der Waals surface area contributed by atoms with Crippen LogP contribution < -0.4 is 14.8 Å². The summed E-state index contributed by atoms with van der Waals surface area (Å²) < 4.78 is 12.4. The molecule has 2 N–H and O–H groups in total. The molecule has 0 bridgehead atoms. The normalized spacial score (nSPS) is 17.9. The van der Waals surface area contributed by atoms with Crippen molar-refractivity contribution in [2.75, 3.05) is 0 Å². The number of aliphatic hydroxyl groups excluding tert-OH is 1. The number of nitrogens with one attached hydrogen (secondary N) is 1. The Morgan fingerprint density at radius 2 is 1.42 bits per heavy atom. The van der Waals surface area contributed by atoms with Crippen molar-refractivity contribution in [3.8, 4) is 11.5 Å². The van der Waals surface area contributed by atoms with Gasteiger partial charge in [0.25, 0.3) is 0 Å². The third-order valence-corrected chi connectivity index (χ3v) is 5.65. The Morgan fingerprint density at radius 3 is 1.97 bits per heavy atom. The topological polar surface area (TPSA) is 50.7 Å². The van der Waals surface area contributed by atoms with Gasteiger partial charge in [-0.3, -0.25) is 0 Å². The van der Waals surface area contributed by atoms with Gasteiger partial charge in [0.05, 0.1) is 6.10 Å². The third kappa shape index (κ3) is 5.46. The summed E-state index contributed by atoms with van der Waals surface area (Å²) in [6, 6.07) is 24.6. The van der Waals surface area contributed by atoms with Crippen molar-refractivity contribution in [1.29, 1.82) is 0 Å². The molecular weight excluding hydrogens is 386 g/mol. The molecule has 4 rings (SSSR count). The summed E-state index contributed by atoms with van der Waals surface area (Å²) in [5.74, 6) is 1.39. The van der Waals surface area contributed by atoms with Crippen LogP contribution in [0.4, 0.5) is 0 Å². The molecule has 0 radical (unpaired) electrons. The number of hydrogen-bond acceptors (Lipinski definition) is 4. The first-order chi connectivity index (χ1) is 15.1. The van der Waals surface area contributed by atoms with Crippen LogP contribution in [-0.4, -0.2) is 17.2 Å². The van der Waals surface area contributed by atoms with Gasteiger partial charge >= 0.3 is 0 Å². The summed E-state index contributed by atoms with van der Waals surface area (Å²) in [7, 11) is 0. The number of hydrogen-bond donors (Lipinski definition) is 2. The van der Waals surface area contributed by atoms with Crippen molar-refractivity contribution >= 4 is 0 Å². The minimum atomic E-state index is -0.562. The van der Waals surface area contributed by atoms with Gasteiger partial charge in [0.2, 0.25) is 0 Å². The van der Waals surface area contributed by atoms with Crippen molar-refractivity contribution in [2.45, 2.75) is 58.1 Å². The Balaban J connectivity index is 1.59. The number of benzene rings is 3. The molecule has 0 aromatic heterocycles. The average Bonchev–Trinajstić information content (AvgIpc) is 2.79. The first-order valence-electron chi connectivity index (χ1n) is 11.0. The quantitative estimate of drug-likeness (QED) is 0.530. The average molecular weight is 418 g/mol. The number of rotatable bonds is 8. The standard InChI is InChI=1S/C27H31NO3/c1-19(2)28-24-14-13-22-15-25(30-17-20-9-5-3-6-10-20)26(16-23(22)27(24)29)31-18-21-11-7-4-8-12-21/h3-12,15-16,19,24,27-29H,13-14,17-18H2,1-2H3/t24-,27+/m1/s1. The van der Waals surface area contributed by atoms with Gasteiger partial charge in [0, 0.05) is 12.1 Å². The highest BCUT2D eigenvalue weighted by molar-refractivity contribution is 5.50. The highest BCUT2D eigenvalue weighted by Crippen LogP contribution is 2.39. The van der Waals surface area contributed by atoms with Gasteiger partial charge in [-0.2, -0.15) is 0 Å². The molecule has 0 saturated carbocycles. The lowest BCUT2D eigenvalue weighted by Crippen LogP contribution is -2.41. The summed E-state index contributed by atoms with van der Waals surface area (Å²) in [6.45, 7) is 5.14. The molecule has 0 saturated heterocycles. The Kier molecular flexibility index (Phi) is 6.90. The molecule has 4 nitrogen and oxygen atoms in total. The lowest BCUT2D eigenvalue weighted by atomic mass is 9.85. The maximum absolute atomic E-state index is 11.0. The van der Waals surface area contributed by atoms with Gasteiger partial charge in [0.15, 0.2) is 11.5 Å². The maximum Gasteiger partial charge on any atom is 0.162 e. The molecular formula is C27H31NO3. The van der Waals surface area contributed by atoms with E-state index < -0.39 is 6.10 Å². The van der Waals surface area contributed by atoms with Crippen LogP contribution >= 0.6 is 0 Å². The van der Waals surface area contributed by atoms with E-state index in [2.05, 4.69) is 31.3 Å². The van der Waals surface area contributed by atoms with E-state index in [9.17, 15) is 5.11 Å². The largest absolute Gasteiger partial charge is 0.485 e. The zero-order valence-corrected chi connectivity index (χ0v) is 18.3. The van der Waals surface area contributed by atoms with E-state index >= 15 is 0 Å². The summed E-state index contributed by atoms with van der Waals surface area (Å²) in [5.41, 5.74) is 4.26. The van der Waals surface area contributed by atoms with Crippen LogP contribution in [0.1, 0.15) is 48.6 Å². The number of aryl methyl sites for hydroxylation is 1. The van der Waals surface area contributed by atoms with E-state index in [-0.39, 0.29) is 6.04 Å². The van der Waals surface area contributed by atoms with Gasteiger partial charge in [-0.15, -0.1) is 0 Å². The Morgan fingerprint density at radius 1 is 0.871 bits per heavy atom. The van der Waals surface area contributed by atoms with E-state index in [0.717, 1.165) is 40.8 Å². The lowest BCUT2D eigenvalue weighted by molar-refractivity contribution is 0.110. The smallest absolute Gasteiger partial charge is 0.162 e. The Hall–Kier alpha value is -2.82. The summed E-state index contributed by atoms with van der Waals surface area (Å²) >= 11 is 0. The minimum absolute atomic E-state index is 0.0468. The monoisotopic (exact) mass is 417 g/mol. The molecule has 0 spiro atoms. The van der Waals surface area contributed by atoms with Crippen molar-refractivity contribution in [1.82, 2.24) is 5.32 Å². The maximum atomic E-state index is 11.0. The molecule has 3 aromatic carbocycles. The molecule has 0 unspecified atom stereocenters. The fourth-order valence-electron chi connectivity index (χ4n) is 4.09. The molecule has 2 atom stereocenters. The number of ether oxygens (including phenoxy) is 2. The Labute approximate surface area is 184 Å². The fraction of sp³-hybridized carbons (Fsp3) is 0.333. The van der Waals surface area contributed by atoms with Gasteiger partial charge in [-0.25, -0.2) is 0 Å². The lowest BCUT2D eigenvalue weighted by Gasteiger charge is -2.33. The number of aliphatic hydroxyl groups is 1. The minimum Gasteiger partial charge on any atom is -0.485 e. The second kappa shape index (κ2) is 9.99. The molecule has 4 heteroatoms. The van der Waals surface area contributed by atoms with Crippen LogP contribution in [0.5, 0.6) is 11.5 Å². The molecule has 162 valence electrons. The van der Waals surface area contributed by atoms with Crippen molar-refractivity contribution in [3.63, 3.8) is 0 Å². The third-order valence-electron chi connectivity index (χ3n) is 5.65. The van der Waals surface area contributed by atoms with Gasteiger partial charge < -0.3 is 19.9 Å². The molecule has 1 aliphatic rings. The fourth-order valence-corrected chi connectivity index (χ4v) is 4.09. The van der Waals surface area contributed by atoms with E-state index in [1.54, 1.807) is 0 Å². The predicted molar refractivity (Wildman–Crippen MR) is 123 cm³/mol. The van der Waals surface area contributed by atoms with Crippen LogP contribution in [0.25, 0.3) is 0 Å². The summed E-state index contributed by atoms with van der Waals surface area (Å²) in [4.78, 5) is 0. The predicted octanol–water partition coefficient (Wildman–Crippen LogP) is 5.19. The van der Waals surface area contributed by atoms with Gasteiger partial charge in [0.1, 0.15) is 13.2 Å². The van der Waals surface area contributed by atoms with Gasteiger partial charge in [-0.05, 0) is 47.2 Å². The molecule has 1 aliphatic carbocycles. The van der Waals surface area contributed by atoms with E-state index in [1.807, 2.05) is 60.7 Å². The van der Waals surface area contributed by atoms with Crippen molar-refractivity contribution in [2.24, 2.45) is 0 Å². The summed E-state index contributed by atoms with van der Waals surface area (Å²) in [6.07, 6.45) is 1.24. The molecule has 0 fully saturated rings. The SMILES string of the molecule is CC(C)N[C@@H]1CCc2cc(OCc3ccccc3)c(OCc3ccccc3)cc2[C@@H]1O. The van der Waals surface area contributed by atoms with E-state index in [1.165, 1.54) is 0 Å². The molecule has 0 amide bonds. The molecule has 3 aromatic rings. The second-order valence-electron chi connectivity index (χ2n) is 8.46. The highest BCUT2D eigenvalue weighted by atomic mass is 16.5. The van der Waals surface area contributed by atoms with Crippen molar-refractivity contribution in [3.05, 3.63) is 95.1 Å². The van der Waals surface area contributed by atoms with Gasteiger partial charge in [-0.1, -0.05) is 74.5 Å². The molecule has 0 heterocycles.